The molecule has 4 aromatic carbocycles. The largest absolute Gasteiger partial charge is 0.491 e. The van der Waals surface area contributed by atoms with E-state index in [1.54, 1.807) is 27.7 Å². The SMILES string of the molecule is CC(=O)C(NC(=O)C1CCCN1C(=O)[C@@H](NC(=O)c1ccc(C(=O)CS(=O)(=O)c2ccc(OCCOCCOCCCC(=O)CCCCCNC(=O)NCCOCCOCCOc3ccc(S(=O)(=O)NC(=O)c4ccc(C(=O)C[C@H](C(=O)N5CCC[C@H]5C(=O)NC(C(=O)C(F)(F)F)C(C)C)C(C)C)cc4)cc3)cc2)cc1)C(C)C)C(C)C. The molecule has 0 bridgehead atoms. The second kappa shape index (κ2) is 47.1. The van der Waals surface area contributed by atoms with E-state index >= 15 is 0 Å². The van der Waals surface area contributed by atoms with Gasteiger partial charge in [-0.05, 0) is 148 Å². The number of urea groups is 1. The lowest BCUT2D eigenvalue weighted by molar-refractivity contribution is -0.175. The normalized spacial score (nSPS) is 15.5. The van der Waals surface area contributed by atoms with Crippen LogP contribution in [0.25, 0.3) is 0 Å². The highest BCUT2D eigenvalue weighted by Crippen LogP contribution is 2.30. The highest BCUT2D eigenvalue weighted by molar-refractivity contribution is 7.92. The molecule has 35 heteroatoms. The molecule has 117 heavy (non-hydrogen) atoms. The van der Waals surface area contributed by atoms with Gasteiger partial charge in [0.15, 0.2) is 27.2 Å². The van der Waals surface area contributed by atoms with E-state index in [0.29, 0.717) is 89.2 Å². The minimum Gasteiger partial charge on any atom is -0.491 e. The Hall–Kier alpha value is -9.55. The fourth-order valence-electron chi connectivity index (χ4n) is 13.0. The summed E-state index contributed by atoms with van der Waals surface area (Å²) in [6.07, 6.45) is -0.542. The van der Waals surface area contributed by atoms with E-state index in [1.165, 1.54) is 128 Å². The molecule has 2 aliphatic heterocycles. The van der Waals surface area contributed by atoms with Gasteiger partial charge in [-0.15, -0.1) is 0 Å². The van der Waals surface area contributed by atoms with Crippen LogP contribution in [0.3, 0.4) is 0 Å². The van der Waals surface area contributed by atoms with Gasteiger partial charge >= 0.3 is 12.2 Å². The minimum absolute atomic E-state index is 0.0573. The highest BCUT2D eigenvalue weighted by Gasteiger charge is 2.47. The Morgan fingerprint density at radius 1 is 0.462 bits per heavy atom. The number of carbonyl (C=O) groups is 12. The summed E-state index contributed by atoms with van der Waals surface area (Å²) in [5.41, 5.74) is 0.198. The molecular weight excluding hydrogens is 1570 g/mol. The van der Waals surface area contributed by atoms with Crippen molar-refractivity contribution in [2.24, 2.45) is 29.6 Å². The van der Waals surface area contributed by atoms with Gasteiger partial charge in [0.05, 0.1) is 68.1 Å². The van der Waals surface area contributed by atoms with Crippen LogP contribution in [0.1, 0.15) is 174 Å². The molecule has 2 fully saturated rings. The summed E-state index contributed by atoms with van der Waals surface area (Å²) in [4.78, 5) is 159. The predicted octanol–water partition coefficient (Wildman–Crippen LogP) is 7.78. The quantitative estimate of drug-likeness (QED) is 0.0181. The van der Waals surface area contributed by atoms with E-state index in [-0.39, 0.29) is 140 Å². The lowest BCUT2D eigenvalue weighted by Crippen LogP contribution is -2.57. The molecule has 6 atom stereocenters. The van der Waals surface area contributed by atoms with Crippen LogP contribution in [0, 0.1) is 29.6 Å². The predicted molar refractivity (Wildman–Crippen MR) is 423 cm³/mol. The number of sulfone groups is 1. The molecule has 6 N–H and O–H groups in total. The summed E-state index contributed by atoms with van der Waals surface area (Å²) in [7, 11) is -8.44. The Kier molecular flexibility index (Phi) is 38.8. The summed E-state index contributed by atoms with van der Waals surface area (Å²) < 4.78 is 128. The average Bonchev–Trinajstić information content (AvgIpc) is 1.81. The molecule has 8 amide bonds. The van der Waals surface area contributed by atoms with Crippen molar-refractivity contribution in [1.82, 2.24) is 41.1 Å². The number of rotatable bonds is 51. The molecule has 6 rings (SSSR count). The first-order chi connectivity index (χ1) is 55.4. The average molecular weight is 1680 g/mol. The molecule has 0 aromatic heterocycles. The van der Waals surface area contributed by atoms with Crippen molar-refractivity contribution in [3.8, 4) is 11.5 Å². The fraction of sp³-hybridized carbons (Fsp3) is 0.561. The topological polar surface area (TPSA) is 407 Å². The number of nitrogens with zero attached hydrogens (tertiary/aromatic N) is 2. The standard InChI is InChI=1S/C82H111F3N8O22S2/c1-52(2)66(79(103)92-38-13-18-67(92)78(102)89-72(54(5)6)74(98)82(83,84)85)50-69(96)57-20-26-60(27-21-57)76(100)91-117(108,109)65-34-30-63(31-35-65)115-49-47-113-45-43-111-41-37-87-81(105)86-36-12-10-11-16-61(95)17-15-40-110-42-44-112-46-48-114-62-28-32-64(33-29-62)116(106,107)51-70(97)58-22-24-59(25-23-58)75(99)90-73(55(7)8)80(104)93-39-14-19-68(93)77(101)88-71(53(3)4)56(9)94/h20-35,52-55,66-68,71-73H,10-19,36-51H2,1-9H3,(H,88,101)(H,89,102)(H,90,99)(H,91,100)(H2,86,87,105)/t66-,67-,68?,71?,72?,73-/m0/s1. The van der Waals surface area contributed by atoms with Gasteiger partial charge in [0, 0.05) is 80.2 Å². The number of unbranched alkanes of at least 4 members (excludes halogenated alkanes) is 2. The van der Waals surface area contributed by atoms with Crippen molar-refractivity contribution in [2.45, 2.75) is 179 Å². The lowest BCUT2D eigenvalue weighted by Gasteiger charge is -2.31. The van der Waals surface area contributed by atoms with Crippen molar-refractivity contribution >= 4 is 90.3 Å². The number of hydrogen-bond donors (Lipinski definition) is 6. The second-order valence-corrected chi connectivity index (χ2v) is 33.7. The number of carbonyl (C=O) groups excluding carboxylic acids is 12. The molecule has 0 radical (unpaired) electrons. The number of Topliss-reactive ketones (excluding diaryl/α,β-unsaturated/α-hetero) is 5. The zero-order valence-electron chi connectivity index (χ0n) is 67.7. The van der Waals surface area contributed by atoms with Crippen molar-refractivity contribution < 1.29 is 116 Å². The van der Waals surface area contributed by atoms with Gasteiger partial charge in [-0.1, -0.05) is 86.1 Å². The molecule has 2 heterocycles. The van der Waals surface area contributed by atoms with E-state index in [2.05, 4.69) is 26.6 Å². The van der Waals surface area contributed by atoms with Gasteiger partial charge in [-0.25, -0.2) is 26.4 Å². The van der Waals surface area contributed by atoms with Crippen LogP contribution in [0.2, 0.25) is 0 Å². The summed E-state index contributed by atoms with van der Waals surface area (Å²) in [6, 6.07) is 15.6. The van der Waals surface area contributed by atoms with Crippen LogP contribution in [-0.2, 0) is 72.4 Å². The highest BCUT2D eigenvalue weighted by atomic mass is 32.2. The fourth-order valence-corrected chi connectivity index (χ4v) is 15.2. The molecule has 0 aliphatic carbocycles. The maximum atomic E-state index is 13.9. The third-order valence-electron chi connectivity index (χ3n) is 19.6. The summed E-state index contributed by atoms with van der Waals surface area (Å²) >= 11 is 0. The first kappa shape index (κ1) is 96.3. The monoisotopic (exact) mass is 1680 g/mol. The Morgan fingerprint density at radius 3 is 1.41 bits per heavy atom. The van der Waals surface area contributed by atoms with E-state index in [9.17, 15) is 87.5 Å². The molecule has 3 unspecified atom stereocenters. The number of benzene rings is 4. The zero-order chi connectivity index (χ0) is 86.2. The van der Waals surface area contributed by atoms with E-state index in [1.807, 2.05) is 18.6 Å². The van der Waals surface area contributed by atoms with Crippen molar-refractivity contribution in [1.29, 1.82) is 0 Å². The number of sulfonamides is 1. The molecule has 30 nitrogen and oxygen atoms in total. The number of likely N-dealkylation sites (tertiary alicyclic amines) is 2. The third kappa shape index (κ3) is 31.0. The first-order valence-corrected chi connectivity index (χ1v) is 42.5. The van der Waals surface area contributed by atoms with Crippen LogP contribution in [0.4, 0.5) is 18.0 Å². The molecule has 0 saturated carbocycles. The molecule has 0 spiro atoms. The van der Waals surface area contributed by atoms with Crippen LogP contribution in [0.15, 0.2) is 107 Å². The van der Waals surface area contributed by atoms with E-state index in [4.69, 9.17) is 28.4 Å². The summed E-state index contributed by atoms with van der Waals surface area (Å²) in [5, 5.41) is 13.2. The maximum Gasteiger partial charge on any atom is 0.452 e. The number of nitrogens with one attached hydrogen (secondary N) is 6. The number of alkyl halides is 3. The smallest absolute Gasteiger partial charge is 0.452 e. The first-order valence-electron chi connectivity index (χ1n) is 39.4. The second-order valence-electron chi connectivity index (χ2n) is 30.0. The molecule has 644 valence electrons. The van der Waals surface area contributed by atoms with Crippen LogP contribution in [0.5, 0.6) is 11.5 Å². The minimum atomic E-state index is -5.18. The van der Waals surface area contributed by atoms with E-state index < -0.39 is 133 Å². The number of halogens is 3. The van der Waals surface area contributed by atoms with Crippen molar-refractivity contribution in [2.75, 3.05) is 98.0 Å². The Bertz CT molecular complexity index is 4230. The number of ether oxygens (including phenoxy) is 6. The summed E-state index contributed by atoms with van der Waals surface area (Å²) in [6.45, 7) is 18.1. The van der Waals surface area contributed by atoms with Crippen molar-refractivity contribution in [3.63, 3.8) is 0 Å². The van der Waals surface area contributed by atoms with Gasteiger partial charge in [0.1, 0.15) is 54.4 Å². The van der Waals surface area contributed by atoms with E-state index in [0.717, 1.165) is 6.42 Å². The molecule has 2 saturated heterocycles. The van der Waals surface area contributed by atoms with Crippen LogP contribution in [-0.4, -0.2) is 231 Å². The Morgan fingerprint density at radius 2 is 0.906 bits per heavy atom. The van der Waals surface area contributed by atoms with Crippen LogP contribution < -0.4 is 40.8 Å². The van der Waals surface area contributed by atoms with Gasteiger partial charge < -0.3 is 64.8 Å². The van der Waals surface area contributed by atoms with Crippen molar-refractivity contribution in [3.05, 3.63) is 119 Å². The Labute approximate surface area is 681 Å². The van der Waals surface area contributed by atoms with Gasteiger partial charge in [-0.3, -0.25) is 52.7 Å². The number of amides is 8. The number of ketones is 5. The lowest BCUT2D eigenvalue weighted by atomic mass is 9.87. The third-order valence-corrected chi connectivity index (χ3v) is 22.6. The van der Waals surface area contributed by atoms with Gasteiger partial charge in [0.25, 0.3) is 27.6 Å². The van der Waals surface area contributed by atoms with Gasteiger partial charge in [0.2, 0.25) is 23.6 Å². The number of hydrogen-bond acceptors (Lipinski definition) is 22. The molecule has 2 aliphatic rings. The maximum absolute atomic E-state index is 13.9. The molecular formula is C82H111F3N8O22S2. The summed E-state index contributed by atoms with van der Waals surface area (Å²) in [5.74, 6) is -10.2. The Balaban J connectivity index is 0.726. The van der Waals surface area contributed by atoms with Crippen LogP contribution >= 0.6 is 0 Å². The zero-order valence-corrected chi connectivity index (χ0v) is 69.4. The molecule has 4 aromatic rings. The van der Waals surface area contributed by atoms with Gasteiger partial charge in [-0.2, -0.15) is 13.2 Å².